The van der Waals surface area contributed by atoms with E-state index in [2.05, 4.69) is 28.2 Å². The summed E-state index contributed by atoms with van der Waals surface area (Å²) in [6, 6.07) is 7.32. The Labute approximate surface area is 119 Å². The minimum Gasteiger partial charge on any atom is -0.345 e. The van der Waals surface area contributed by atoms with E-state index in [1.807, 2.05) is 0 Å². The molecule has 0 radical (unpaired) electrons. The Morgan fingerprint density at radius 1 is 1.15 bits per heavy atom. The third-order valence-corrected chi connectivity index (χ3v) is 6.38. The van der Waals surface area contributed by atoms with Crippen LogP contribution < -0.4 is 5.73 Å². The van der Waals surface area contributed by atoms with Crippen molar-refractivity contribution in [2.45, 2.75) is 43.6 Å². The van der Waals surface area contributed by atoms with Gasteiger partial charge in [0.15, 0.2) is 0 Å². The number of aromatic nitrogens is 2. The van der Waals surface area contributed by atoms with E-state index in [9.17, 15) is 0 Å². The number of fused-ring (bicyclic) bond motifs is 1. The number of benzene rings is 1. The molecule has 4 bridgehead atoms. The van der Waals surface area contributed by atoms with Crippen LogP contribution in [0.25, 0.3) is 11.0 Å². The Hall–Kier alpha value is -1.35. The van der Waals surface area contributed by atoms with Crippen LogP contribution >= 0.6 is 0 Å². The van der Waals surface area contributed by atoms with E-state index in [4.69, 9.17) is 5.73 Å². The molecule has 0 spiro atoms. The molecule has 104 valence electrons. The zero-order valence-electron chi connectivity index (χ0n) is 11.7. The highest BCUT2D eigenvalue weighted by molar-refractivity contribution is 5.75. The van der Waals surface area contributed by atoms with Gasteiger partial charge in [-0.15, -0.1) is 0 Å². The van der Waals surface area contributed by atoms with Crippen molar-refractivity contribution >= 4 is 11.0 Å². The second-order valence-electron chi connectivity index (χ2n) is 7.46. The van der Waals surface area contributed by atoms with Crippen molar-refractivity contribution in [1.82, 2.24) is 9.97 Å². The van der Waals surface area contributed by atoms with E-state index in [-0.39, 0.29) is 0 Å². The van der Waals surface area contributed by atoms with Gasteiger partial charge in [-0.1, -0.05) is 6.07 Å². The van der Waals surface area contributed by atoms with Gasteiger partial charge < -0.3 is 10.7 Å². The third-order valence-electron chi connectivity index (χ3n) is 6.38. The summed E-state index contributed by atoms with van der Waals surface area (Å²) in [4.78, 5) is 7.61. The first-order valence-corrected chi connectivity index (χ1v) is 7.93. The second kappa shape index (κ2) is 3.64. The zero-order valence-corrected chi connectivity index (χ0v) is 11.7. The van der Waals surface area contributed by atoms with E-state index < -0.39 is 0 Å². The maximum atomic E-state index is 6.46. The van der Waals surface area contributed by atoms with Crippen LogP contribution in [0.4, 0.5) is 0 Å². The van der Waals surface area contributed by atoms with Gasteiger partial charge in [-0.3, -0.25) is 0 Å². The summed E-state index contributed by atoms with van der Waals surface area (Å²) in [5, 5.41) is 0. The van der Waals surface area contributed by atoms with Crippen molar-refractivity contribution < 1.29 is 0 Å². The molecule has 1 aromatic carbocycles. The number of nitrogens with two attached hydrogens (primary N) is 1. The van der Waals surface area contributed by atoms with Crippen molar-refractivity contribution in [3.63, 3.8) is 0 Å². The fraction of sp³-hybridized carbons (Fsp3) is 0.588. The lowest BCUT2D eigenvalue weighted by Gasteiger charge is -2.59. The van der Waals surface area contributed by atoms with Crippen LogP contribution in [0.2, 0.25) is 0 Å². The number of nitrogens with one attached hydrogen (secondary N) is 1. The molecular formula is C17H21N3. The van der Waals surface area contributed by atoms with E-state index in [0.29, 0.717) is 11.5 Å². The number of aromatic amines is 1. The summed E-state index contributed by atoms with van der Waals surface area (Å²) in [6.45, 7) is 0. The highest BCUT2D eigenvalue weighted by Crippen LogP contribution is 2.60. The molecule has 1 aromatic heterocycles. The van der Waals surface area contributed by atoms with E-state index in [1.165, 1.54) is 43.2 Å². The van der Waals surface area contributed by atoms with Gasteiger partial charge in [0, 0.05) is 6.04 Å². The Bertz CT molecular complexity index is 658. The number of rotatable bonds is 1. The molecule has 4 fully saturated rings. The molecule has 0 amide bonds. The van der Waals surface area contributed by atoms with E-state index in [0.717, 1.165) is 23.3 Å². The predicted molar refractivity (Wildman–Crippen MR) is 79.3 cm³/mol. The summed E-state index contributed by atoms with van der Waals surface area (Å²) in [7, 11) is 0. The van der Waals surface area contributed by atoms with Crippen LogP contribution in [0.15, 0.2) is 24.5 Å². The molecule has 0 aliphatic heterocycles. The molecule has 0 saturated heterocycles. The minimum atomic E-state index is 0.408. The largest absolute Gasteiger partial charge is 0.345 e. The van der Waals surface area contributed by atoms with Crippen LogP contribution in [-0.2, 0) is 5.41 Å². The molecule has 2 aromatic rings. The Balaban J connectivity index is 1.62. The monoisotopic (exact) mass is 267 g/mol. The van der Waals surface area contributed by atoms with Gasteiger partial charge in [0.05, 0.1) is 17.4 Å². The highest BCUT2D eigenvalue weighted by Gasteiger charge is 2.54. The Morgan fingerprint density at radius 3 is 2.75 bits per heavy atom. The second-order valence-corrected chi connectivity index (χ2v) is 7.46. The molecule has 2 atom stereocenters. The molecule has 1 heterocycles. The fourth-order valence-electron chi connectivity index (χ4n) is 5.68. The molecular weight excluding hydrogens is 246 g/mol. The molecule has 4 aliphatic carbocycles. The van der Waals surface area contributed by atoms with Crippen molar-refractivity contribution in [2.24, 2.45) is 23.5 Å². The fourth-order valence-corrected chi connectivity index (χ4v) is 5.68. The van der Waals surface area contributed by atoms with Crippen LogP contribution in [-0.4, -0.2) is 16.0 Å². The standard InChI is InChI=1S/C17H21N3/c18-16-11-3-10-4-12(16)8-17(6-10,7-11)13-1-2-14-15(5-13)20-9-19-14/h1-2,5,9-12,16H,3-4,6-8,18H2,(H,19,20). The summed E-state index contributed by atoms with van der Waals surface area (Å²) >= 11 is 0. The molecule has 20 heavy (non-hydrogen) atoms. The third kappa shape index (κ3) is 1.37. The number of H-pyrrole nitrogens is 1. The quantitative estimate of drug-likeness (QED) is 0.834. The molecule has 3 nitrogen and oxygen atoms in total. The lowest BCUT2D eigenvalue weighted by molar-refractivity contribution is -0.0225. The van der Waals surface area contributed by atoms with Crippen molar-refractivity contribution in [3.05, 3.63) is 30.1 Å². The molecule has 4 saturated carbocycles. The van der Waals surface area contributed by atoms with Crippen LogP contribution in [0.1, 0.15) is 37.7 Å². The average molecular weight is 267 g/mol. The van der Waals surface area contributed by atoms with Gasteiger partial charge in [0.1, 0.15) is 0 Å². The van der Waals surface area contributed by atoms with E-state index in [1.54, 1.807) is 6.33 Å². The van der Waals surface area contributed by atoms with Gasteiger partial charge in [-0.05, 0) is 73.0 Å². The van der Waals surface area contributed by atoms with E-state index >= 15 is 0 Å². The average Bonchev–Trinajstić information content (AvgIpc) is 2.91. The number of imidazole rings is 1. The summed E-state index contributed by atoms with van der Waals surface area (Å²) in [5.74, 6) is 2.45. The van der Waals surface area contributed by atoms with Crippen LogP contribution in [0, 0.1) is 17.8 Å². The zero-order chi connectivity index (χ0) is 13.3. The number of hydrogen-bond donors (Lipinski definition) is 2. The summed E-state index contributed by atoms with van der Waals surface area (Å²) in [6.07, 6.45) is 8.55. The molecule has 6 rings (SSSR count). The maximum absolute atomic E-state index is 6.46. The molecule has 3 heteroatoms. The SMILES string of the molecule is NC1C2CC3CC1CC(c1ccc4nc[nH]c4c1)(C3)C2. The number of hydrogen-bond acceptors (Lipinski definition) is 2. The molecule has 4 aliphatic rings. The van der Waals surface area contributed by atoms with Crippen LogP contribution in [0.5, 0.6) is 0 Å². The van der Waals surface area contributed by atoms with Crippen molar-refractivity contribution in [1.29, 1.82) is 0 Å². The van der Waals surface area contributed by atoms with Crippen LogP contribution in [0.3, 0.4) is 0 Å². The van der Waals surface area contributed by atoms with Gasteiger partial charge in [0.2, 0.25) is 0 Å². The van der Waals surface area contributed by atoms with Gasteiger partial charge in [-0.25, -0.2) is 4.98 Å². The minimum absolute atomic E-state index is 0.408. The molecule has 2 unspecified atom stereocenters. The van der Waals surface area contributed by atoms with Gasteiger partial charge in [0.25, 0.3) is 0 Å². The Kier molecular flexibility index (Phi) is 2.06. The first-order chi connectivity index (χ1) is 9.73. The highest BCUT2D eigenvalue weighted by atomic mass is 14.9. The summed E-state index contributed by atoms with van der Waals surface area (Å²) in [5.41, 5.74) is 10.7. The predicted octanol–water partition coefficient (Wildman–Crippen LogP) is 2.97. The summed E-state index contributed by atoms with van der Waals surface area (Å²) < 4.78 is 0. The number of nitrogens with zero attached hydrogens (tertiary/aromatic N) is 1. The van der Waals surface area contributed by atoms with Gasteiger partial charge in [-0.2, -0.15) is 0 Å². The van der Waals surface area contributed by atoms with Crippen molar-refractivity contribution in [3.8, 4) is 0 Å². The molecule has 3 N–H and O–H groups in total. The van der Waals surface area contributed by atoms with Crippen molar-refractivity contribution in [2.75, 3.05) is 0 Å². The normalized spacial score (nSPS) is 42.5. The first kappa shape index (κ1) is 11.3. The lowest BCUT2D eigenvalue weighted by atomic mass is 9.46. The first-order valence-electron chi connectivity index (χ1n) is 7.93. The smallest absolute Gasteiger partial charge is 0.0931 e. The Morgan fingerprint density at radius 2 is 1.95 bits per heavy atom. The topological polar surface area (TPSA) is 54.7 Å². The lowest BCUT2D eigenvalue weighted by Crippen LogP contribution is -2.58. The maximum Gasteiger partial charge on any atom is 0.0931 e. The van der Waals surface area contributed by atoms with Gasteiger partial charge >= 0.3 is 0 Å².